The third kappa shape index (κ3) is 9.10. The molecule has 6 nitrogen and oxygen atoms in total. The first kappa shape index (κ1) is 44.6. The van der Waals surface area contributed by atoms with Gasteiger partial charge in [0.1, 0.15) is 0 Å². The predicted octanol–water partition coefficient (Wildman–Crippen LogP) is 18.9. The number of anilines is 4. The van der Waals surface area contributed by atoms with E-state index in [2.05, 4.69) is 180 Å². The van der Waals surface area contributed by atoms with Crippen LogP contribution in [0.25, 0.3) is 78.0 Å². The number of ether oxygens (including phenoxy) is 1. The summed E-state index contributed by atoms with van der Waals surface area (Å²) in [6.07, 6.45) is 0. The van der Waals surface area contributed by atoms with Gasteiger partial charge in [-0.25, -0.2) is 0 Å². The number of imidazole rings is 1. The average Bonchev–Trinajstić information content (AvgIpc) is 1.54. The fraction of sp³-hybridized carbons (Fsp3) is 0.120. The molecule has 0 radical (unpaired) electrons. The van der Waals surface area contributed by atoms with Gasteiger partial charge in [-0.2, -0.15) is 0 Å². The van der Waals surface area contributed by atoms with Crippen LogP contribution in [0, 0.1) is 10.7 Å². The zero-order chi connectivity index (χ0) is 62.7. The molecule has 406 valence electrons. The number of aromatic nitrogens is 3. The van der Waals surface area contributed by atoms with Gasteiger partial charge < -0.3 is 0 Å². The van der Waals surface area contributed by atoms with Crippen LogP contribution in [0.5, 0.6) is 11.6 Å². The molecule has 0 fully saturated rings. The zero-order valence-electron chi connectivity index (χ0n) is 53.9. The number of benzene rings is 10. The molecule has 8 heteroatoms. The first-order valence-electron chi connectivity index (χ1n) is 31.6. The quantitative estimate of drug-likeness (QED) is 0.135. The number of rotatable bonds is 9. The van der Waals surface area contributed by atoms with Crippen molar-refractivity contribution in [2.24, 2.45) is 0 Å². The topological polar surface area (TPSA) is 38.5 Å². The molecule has 10 aromatic carbocycles. The maximum absolute atomic E-state index is 9.92. The van der Waals surface area contributed by atoms with E-state index in [1.165, 1.54) is 0 Å². The van der Waals surface area contributed by atoms with Crippen molar-refractivity contribution in [1.82, 2.24) is 14.1 Å². The molecule has 83 heavy (non-hydrogen) atoms. The summed E-state index contributed by atoms with van der Waals surface area (Å²) in [5.41, 5.74) is 16.4. The molecule has 2 aliphatic rings. The van der Waals surface area contributed by atoms with Crippen LogP contribution in [0.3, 0.4) is 0 Å². The van der Waals surface area contributed by atoms with Crippen LogP contribution in [-0.2, 0) is 30.2 Å². The Kier molecular flexibility index (Phi) is 11.0. The SMILES string of the molecule is [2H]c1c([2H])c([2H])c2c(c1[2H])n(-c1cccc(Oc3nc(N4B5c6ccccc6-c6ccccc6N5c5ccccc54)cc(C([2H])([2H])[2H])c3-c3ccccc3)c1)[c](=[Pt])n2-c1c(-c2ccc(-c3ccccc3)cc2)cccc1-c1cc(C(C)(C)C)cc(C(C)(C)C)c1. The van der Waals surface area contributed by atoms with Gasteiger partial charge >= 0.3 is 427 Å². The molecule has 2 aromatic heterocycles. The molecule has 0 bridgehead atoms. The Labute approximate surface area is 508 Å². The Morgan fingerprint density at radius 1 is 0.482 bits per heavy atom. The molecule has 4 heterocycles. The van der Waals surface area contributed by atoms with Crippen LogP contribution in [-0.4, -0.2) is 21.1 Å². The molecule has 0 saturated heterocycles. The van der Waals surface area contributed by atoms with Gasteiger partial charge in [0.25, 0.3) is 0 Å². The minimum absolute atomic E-state index is 0.0557. The fourth-order valence-electron chi connectivity index (χ4n) is 12.0. The Balaban J connectivity index is 0.991. The molecule has 0 amide bonds. The number of hydrogen-bond acceptors (Lipinski definition) is 4. The molecule has 0 unspecified atom stereocenters. The molecule has 0 N–H and O–H groups in total. The minimum atomic E-state index is -2.64. The summed E-state index contributed by atoms with van der Waals surface area (Å²) in [5, 5.41) is 0. The standard InChI is InChI=1S/C75H62BN5O.Pt/c1-50-44-70(81-69-39-21-20-38-68(69)80-65-35-17-15-31-63(65)62-30-14-16-34-64(62)76(80)81)77-73(71(50)54-26-12-9-13-27-54)82-59-29-22-28-58(48-59)78-49-79(67-37-19-18-36-66(67)78)72-60(53-42-40-52(41-43-53)51-24-10-8-11-25-51)32-23-33-61(72)55-45-56(74(2,3)4)47-57(46-55)75(5,6)7;/h8-48H,1-7H3;/i1D3,18D,19D,36D,37D;. The second-order valence-corrected chi connectivity index (χ2v) is 24.5. The van der Waals surface area contributed by atoms with Crippen LogP contribution in [0.15, 0.2) is 249 Å². The van der Waals surface area contributed by atoms with Crippen LogP contribution in [0.4, 0.5) is 22.9 Å². The van der Waals surface area contributed by atoms with E-state index in [1.807, 2.05) is 112 Å². The van der Waals surface area contributed by atoms with E-state index < -0.39 is 13.8 Å². The number of aryl methyl sites for hydroxylation is 1. The second kappa shape index (κ2) is 20.4. The van der Waals surface area contributed by atoms with E-state index in [9.17, 15) is 9.60 Å². The van der Waals surface area contributed by atoms with Crippen molar-refractivity contribution in [2.45, 2.75) is 59.2 Å². The molecule has 0 atom stereocenters. The van der Waals surface area contributed by atoms with Crippen LogP contribution in [0.1, 0.15) is 67.8 Å². The summed E-state index contributed by atoms with van der Waals surface area (Å²) in [6.45, 7) is 10.2. The van der Waals surface area contributed by atoms with Gasteiger partial charge in [-0.3, -0.25) is 0 Å². The van der Waals surface area contributed by atoms with E-state index >= 15 is 0 Å². The van der Waals surface area contributed by atoms with Gasteiger partial charge in [0, 0.05) is 11.3 Å². The van der Waals surface area contributed by atoms with Crippen molar-refractivity contribution in [3.05, 3.63) is 269 Å². The van der Waals surface area contributed by atoms with E-state index in [-0.39, 0.29) is 57.5 Å². The third-order valence-corrected chi connectivity index (χ3v) is 17.1. The first-order chi connectivity index (χ1) is 43.2. The van der Waals surface area contributed by atoms with Gasteiger partial charge in [-0.05, 0) is 17.7 Å². The first-order valence-corrected chi connectivity index (χ1v) is 29.2. The van der Waals surface area contributed by atoms with Crippen LogP contribution in [0.2, 0.25) is 0 Å². The summed E-state index contributed by atoms with van der Waals surface area (Å²) in [6, 6.07) is 73.9. The molecule has 0 spiro atoms. The Morgan fingerprint density at radius 2 is 1.02 bits per heavy atom. The summed E-state index contributed by atoms with van der Waals surface area (Å²) < 4.78 is 77.6. The van der Waals surface area contributed by atoms with E-state index in [1.54, 1.807) is 12.1 Å². The van der Waals surface area contributed by atoms with Crippen molar-refractivity contribution < 1.29 is 33.7 Å². The summed E-state index contributed by atoms with van der Waals surface area (Å²) >= 11 is 2.27. The Bertz CT molecular complexity index is 4890. The van der Waals surface area contributed by atoms with Crippen LogP contribution < -0.4 is 19.8 Å². The second-order valence-electron chi connectivity index (χ2n) is 23.4. The maximum atomic E-state index is 9.92. The number of pyridine rings is 1. The van der Waals surface area contributed by atoms with Gasteiger partial charge in [0.15, 0.2) is 0 Å². The molecular formula is C75H62BN5OPt. The number of nitrogens with zero attached hydrogens (tertiary/aromatic N) is 5. The average molecular weight is 1260 g/mol. The third-order valence-electron chi connectivity index (χ3n) is 16.1. The summed E-state index contributed by atoms with van der Waals surface area (Å²) in [7, 11) is 0. The van der Waals surface area contributed by atoms with E-state index in [0.29, 0.717) is 32.2 Å². The van der Waals surface area contributed by atoms with Crippen molar-refractivity contribution in [1.29, 1.82) is 0 Å². The Hall–Kier alpha value is -9.03. The summed E-state index contributed by atoms with van der Waals surface area (Å²) in [5.74, 6) is 0.747. The van der Waals surface area contributed by atoms with Gasteiger partial charge in [-0.15, -0.1) is 0 Å². The van der Waals surface area contributed by atoms with Gasteiger partial charge in [0.2, 0.25) is 0 Å². The zero-order valence-corrected chi connectivity index (χ0v) is 49.2. The van der Waals surface area contributed by atoms with E-state index in [0.717, 1.165) is 83.8 Å². The summed E-state index contributed by atoms with van der Waals surface area (Å²) in [4.78, 5) is 9.86. The van der Waals surface area contributed by atoms with Crippen molar-refractivity contribution >= 4 is 46.4 Å². The number of hydrogen-bond donors (Lipinski definition) is 0. The van der Waals surface area contributed by atoms with Crippen LogP contribution >= 0.6 is 0 Å². The molecule has 2 aliphatic heterocycles. The Morgan fingerprint density at radius 3 is 1.70 bits per heavy atom. The number of fused-ring (bicyclic) bond motifs is 9. The molecule has 14 rings (SSSR count). The van der Waals surface area contributed by atoms with Gasteiger partial charge in [0.05, 0.1) is 0 Å². The number of para-hydroxylation sites is 6. The molecular weight excluding hydrogens is 1190 g/mol. The molecule has 12 aromatic rings. The fourth-order valence-corrected chi connectivity index (χ4v) is 13.1. The molecule has 0 saturated carbocycles. The monoisotopic (exact) mass is 1260 g/mol. The van der Waals surface area contributed by atoms with Gasteiger partial charge in [-0.1, -0.05) is 54.6 Å². The molecule has 0 aliphatic carbocycles. The predicted molar refractivity (Wildman–Crippen MR) is 342 cm³/mol. The van der Waals surface area contributed by atoms with Crippen molar-refractivity contribution in [2.75, 3.05) is 9.62 Å². The van der Waals surface area contributed by atoms with Crippen molar-refractivity contribution in [3.8, 4) is 78.6 Å². The van der Waals surface area contributed by atoms with E-state index in [4.69, 9.17) is 9.72 Å². The normalized spacial score (nSPS) is 14.1. The van der Waals surface area contributed by atoms with Crippen molar-refractivity contribution in [3.63, 3.8) is 0 Å².